The van der Waals surface area contributed by atoms with Gasteiger partial charge in [-0.1, -0.05) is 13.8 Å². The standard InChI is InChI=1S/C19H24N4O8S/c1-5-23(6-2)32(29,30)12-7-8-14(24)13(9-12)18(27)31-11-16(25)20-15-10-17(26)22(4)19(28)21(15)3/h7-10,24H,5-6,11H2,1-4H3,(H,20,25). The van der Waals surface area contributed by atoms with Crippen molar-refractivity contribution in [3.8, 4) is 5.75 Å². The number of nitrogens with zero attached hydrogens (tertiary/aromatic N) is 3. The van der Waals surface area contributed by atoms with Crippen LogP contribution in [0, 0.1) is 0 Å². The normalized spacial score (nSPS) is 11.4. The average Bonchev–Trinajstić information content (AvgIpc) is 2.75. The Morgan fingerprint density at radius 1 is 1.09 bits per heavy atom. The zero-order chi connectivity index (χ0) is 24.2. The first-order valence-electron chi connectivity index (χ1n) is 9.51. The van der Waals surface area contributed by atoms with E-state index in [-0.39, 0.29) is 23.8 Å². The van der Waals surface area contributed by atoms with Crippen LogP contribution < -0.4 is 16.6 Å². The van der Waals surface area contributed by atoms with Gasteiger partial charge in [-0.25, -0.2) is 18.0 Å². The second-order valence-electron chi connectivity index (χ2n) is 6.66. The predicted molar refractivity (Wildman–Crippen MR) is 114 cm³/mol. The minimum Gasteiger partial charge on any atom is -0.507 e. The zero-order valence-corrected chi connectivity index (χ0v) is 18.8. The molecular weight excluding hydrogens is 444 g/mol. The molecule has 2 aromatic rings. The number of rotatable bonds is 8. The molecule has 0 atom stereocenters. The van der Waals surface area contributed by atoms with Gasteiger partial charge in [0.2, 0.25) is 10.0 Å². The lowest BCUT2D eigenvalue weighted by atomic mass is 10.2. The first kappa shape index (κ1) is 24.8. The largest absolute Gasteiger partial charge is 0.507 e. The number of phenolic OH excluding ortho intramolecular Hbond substituents is 1. The number of aromatic nitrogens is 2. The highest BCUT2D eigenvalue weighted by Crippen LogP contribution is 2.24. The maximum atomic E-state index is 12.6. The van der Waals surface area contributed by atoms with Crippen molar-refractivity contribution in [3.63, 3.8) is 0 Å². The molecule has 0 aliphatic heterocycles. The Labute approximate surface area is 183 Å². The van der Waals surface area contributed by atoms with Crippen LogP contribution in [0.2, 0.25) is 0 Å². The van der Waals surface area contributed by atoms with Gasteiger partial charge in [-0.3, -0.25) is 18.7 Å². The SMILES string of the molecule is CCN(CC)S(=O)(=O)c1ccc(O)c(C(=O)OCC(=O)Nc2cc(=O)n(C)c(=O)n2C)c1. The van der Waals surface area contributed by atoms with E-state index in [1.807, 2.05) is 0 Å². The summed E-state index contributed by atoms with van der Waals surface area (Å²) >= 11 is 0. The van der Waals surface area contributed by atoms with Crippen LogP contribution in [0.15, 0.2) is 38.8 Å². The highest BCUT2D eigenvalue weighted by molar-refractivity contribution is 7.89. The van der Waals surface area contributed by atoms with Crippen molar-refractivity contribution < 1.29 is 27.9 Å². The highest BCUT2D eigenvalue weighted by Gasteiger charge is 2.25. The Morgan fingerprint density at radius 2 is 1.72 bits per heavy atom. The highest BCUT2D eigenvalue weighted by atomic mass is 32.2. The van der Waals surface area contributed by atoms with Crippen LogP contribution in [0.1, 0.15) is 24.2 Å². The number of amides is 1. The van der Waals surface area contributed by atoms with E-state index in [9.17, 15) is 32.7 Å². The van der Waals surface area contributed by atoms with Crippen LogP contribution >= 0.6 is 0 Å². The number of carbonyl (C=O) groups is 2. The number of nitrogens with one attached hydrogen (secondary N) is 1. The molecule has 0 fully saturated rings. The molecular formula is C19H24N4O8S. The molecule has 1 heterocycles. The molecule has 1 aromatic carbocycles. The number of ether oxygens (including phenoxy) is 1. The Hall–Kier alpha value is -3.45. The molecule has 0 aliphatic rings. The summed E-state index contributed by atoms with van der Waals surface area (Å²) in [5.74, 6) is -2.61. The molecule has 0 saturated heterocycles. The van der Waals surface area contributed by atoms with E-state index < -0.39 is 51.1 Å². The van der Waals surface area contributed by atoms with Gasteiger partial charge in [0.05, 0.1) is 4.90 Å². The molecule has 0 aliphatic carbocycles. The molecule has 32 heavy (non-hydrogen) atoms. The van der Waals surface area contributed by atoms with Crippen molar-refractivity contribution >= 4 is 27.7 Å². The van der Waals surface area contributed by atoms with E-state index in [1.165, 1.54) is 18.4 Å². The molecule has 1 amide bonds. The maximum Gasteiger partial charge on any atom is 0.342 e. The Kier molecular flexibility index (Phi) is 7.59. The number of carbonyl (C=O) groups excluding carboxylic acids is 2. The van der Waals surface area contributed by atoms with E-state index in [0.717, 1.165) is 33.4 Å². The molecule has 2 rings (SSSR count). The van der Waals surface area contributed by atoms with Gasteiger partial charge in [0.1, 0.15) is 17.1 Å². The molecule has 0 spiro atoms. The van der Waals surface area contributed by atoms with Crippen LogP contribution in [0.25, 0.3) is 0 Å². The number of anilines is 1. The Bertz CT molecular complexity index is 1260. The minimum absolute atomic E-state index is 0.102. The van der Waals surface area contributed by atoms with Gasteiger partial charge in [0.25, 0.3) is 11.5 Å². The van der Waals surface area contributed by atoms with Crippen LogP contribution in [0.5, 0.6) is 5.75 Å². The number of hydrogen-bond acceptors (Lipinski definition) is 8. The summed E-state index contributed by atoms with van der Waals surface area (Å²) < 4.78 is 33.2. The molecule has 0 unspecified atom stereocenters. The van der Waals surface area contributed by atoms with Gasteiger partial charge in [0.15, 0.2) is 6.61 Å². The molecule has 2 N–H and O–H groups in total. The lowest BCUT2D eigenvalue weighted by molar-refractivity contribution is -0.119. The zero-order valence-electron chi connectivity index (χ0n) is 18.0. The monoisotopic (exact) mass is 468 g/mol. The van der Waals surface area contributed by atoms with Crippen molar-refractivity contribution in [1.82, 2.24) is 13.4 Å². The fourth-order valence-corrected chi connectivity index (χ4v) is 4.28. The number of benzene rings is 1. The van der Waals surface area contributed by atoms with E-state index in [4.69, 9.17) is 4.74 Å². The summed E-state index contributed by atoms with van der Waals surface area (Å²) in [5.41, 5.74) is -1.75. The molecule has 0 saturated carbocycles. The molecule has 0 radical (unpaired) electrons. The number of hydrogen-bond donors (Lipinski definition) is 2. The van der Waals surface area contributed by atoms with Crippen molar-refractivity contribution in [1.29, 1.82) is 0 Å². The van der Waals surface area contributed by atoms with Crippen molar-refractivity contribution in [3.05, 3.63) is 50.7 Å². The molecule has 12 nitrogen and oxygen atoms in total. The van der Waals surface area contributed by atoms with Gasteiger partial charge in [-0.15, -0.1) is 0 Å². The Morgan fingerprint density at radius 3 is 2.31 bits per heavy atom. The topological polar surface area (TPSA) is 157 Å². The molecule has 1 aromatic heterocycles. The van der Waals surface area contributed by atoms with Gasteiger partial charge in [-0.2, -0.15) is 4.31 Å². The predicted octanol–water partition coefficient (Wildman–Crippen LogP) is -0.384. The van der Waals surface area contributed by atoms with Gasteiger partial charge in [0, 0.05) is 33.3 Å². The van der Waals surface area contributed by atoms with Gasteiger partial charge < -0.3 is 15.2 Å². The lowest BCUT2D eigenvalue weighted by Gasteiger charge is -2.19. The minimum atomic E-state index is -3.89. The summed E-state index contributed by atoms with van der Waals surface area (Å²) in [6.45, 7) is 2.94. The average molecular weight is 468 g/mol. The van der Waals surface area contributed by atoms with E-state index in [1.54, 1.807) is 13.8 Å². The number of phenols is 1. The quantitative estimate of drug-likeness (QED) is 0.496. The smallest absolute Gasteiger partial charge is 0.342 e. The molecule has 13 heteroatoms. The van der Waals surface area contributed by atoms with Gasteiger partial charge in [-0.05, 0) is 18.2 Å². The van der Waals surface area contributed by atoms with Crippen LogP contribution in [0.4, 0.5) is 5.82 Å². The fourth-order valence-electron chi connectivity index (χ4n) is 2.79. The van der Waals surface area contributed by atoms with Crippen molar-refractivity contribution in [2.24, 2.45) is 14.1 Å². The third-order valence-corrected chi connectivity index (χ3v) is 6.70. The summed E-state index contributed by atoms with van der Waals surface area (Å²) in [6.07, 6.45) is 0. The van der Waals surface area contributed by atoms with E-state index >= 15 is 0 Å². The summed E-state index contributed by atoms with van der Waals surface area (Å²) in [5, 5.41) is 12.2. The van der Waals surface area contributed by atoms with Crippen LogP contribution in [0.3, 0.4) is 0 Å². The fraction of sp³-hybridized carbons (Fsp3) is 0.368. The van der Waals surface area contributed by atoms with Crippen LogP contribution in [-0.2, 0) is 33.7 Å². The third-order valence-electron chi connectivity index (χ3n) is 4.66. The molecule has 0 bridgehead atoms. The van der Waals surface area contributed by atoms with E-state index in [2.05, 4.69) is 5.32 Å². The van der Waals surface area contributed by atoms with Crippen molar-refractivity contribution in [2.45, 2.75) is 18.7 Å². The third kappa shape index (κ3) is 5.06. The second-order valence-corrected chi connectivity index (χ2v) is 8.60. The number of sulfonamides is 1. The number of aromatic hydroxyl groups is 1. The second kappa shape index (κ2) is 9.78. The van der Waals surface area contributed by atoms with E-state index in [0.29, 0.717) is 0 Å². The van der Waals surface area contributed by atoms with Gasteiger partial charge >= 0.3 is 11.7 Å². The first-order valence-corrected chi connectivity index (χ1v) is 10.9. The maximum absolute atomic E-state index is 12.6. The van der Waals surface area contributed by atoms with Crippen molar-refractivity contribution in [2.75, 3.05) is 25.0 Å². The summed E-state index contributed by atoms with van der Waals surface area (Å²) in [6, 6.07) is 4.19. The summed E-state index contributed by atoms with van der Waals surface area (Å²) in [7, 11) is -1.28. The first-order chi connectivity index (χ1) is 14.9. The summed E-state index contributed by atoms with van der Waals surface area (Å²) in [4.78, 5) is 47.9. The molecule has 174 valence electrons. The lowest BCUT2D eigenvalue weighted by Crippen LogP contribution is -2.38. The number of esters is 1. The van der Waals surface area contributed by atoms with Crippen LogP contribution in [-0.4, -0.2) is 58.5 Å². The Balaban J connectivity index is 2.18.